The molecule has 2 heteroatoms. The van der Waals surface area contributed by atoms with E-state index in [1.165, 1.54) is 16.7 Å². The molecule has 2 aromatic rings. The average molecular weight is 273 g/mol. The van der Waals surface area contributed by atoms with Gasteiger partial charge in [-0.3, -0.25) is 0 Å². The summed E-state index contributed by atoms with van der Waals surface area (Å²) in [5, 5.41) is 7.83. The van der Waals surface area contributed by atoms with Gasteiger partial charge in [-0.15, -0.1) is 0 Å². The lowest BCUT2D eigenvalue weighted by Crippen LogP contribution is -2.18. The minimum Gasteiger partial charge on any atom is -0.313 e. The fourth-order valence-electron chi connectivity index (χ4n) is 2.44. The van der Waals surface area contributed by atoms with Crippen molar-refractivity contribution in [2.75, 3.05) is 7.05 Å². The number of benzene rings is 1. The lowest BCUT2D eigenvalue weighted by molar-refractivity contribution is 0.589. The zero-order valence-corrected chi connectivity index (χ0v) is 12.8. The highest BCUT2D eigenvalue weighted by Gasteiger charge is 2.11. The second-order valence-corrected chi connectivity index (χ2v) is 6.30. The van der Waals surface area contributed by atoms with Crippen LogP contribution in [0.1, 0.15) is 36.6 Å². The number of thiophene rings is 1. The molecule has 0 radical (unpaired) electrons. The summed E-state index contributed by atoms with van der Waals surface area (Å²) in [7, 11) is 2.05. The Labute approximate surface area is 120 Å². The first-order chi connectivity index (χ1) is 9.19. The third-order valence-electron chi connectivity index (χ3n) is 3.37. The van der Waals surface area contributed by atoms with Gasteiger partial charge in [0, 0.05) is 6.04 Å². The van der Waals surface area contributed by atoms with E-state index in [2.05, 4.69) is 60.3 Å². The summed E-state index contributed by atoms with van der Waals surface area (Å²) in [4.78, 5) is 0. The molecule has 1 aromatic carbocycles. The Hall–Kier alpha value is -1.12. The summed E-state index contributed by atoms with van der Waals surface area (Å²) in [6, 6.07) is 11.6. The van der Waals surface area contributed by atoms with Gasteiger partial charge in [0.15, 0.2) is 0 Å². The Kier molecular flexibility index (Phi) is 5.17. The van der Waals surface area contributed by atoms with Crippen molar-refractivity contribution >= 4 is 11.3 Å². The smallest absolute Gasteiger partial charge is 0.0358 e. The van der Waals surface area contributed by atoms with E-state index in [1.54, 1.807) is 11.3 Å². The fraction of sp³-hybridized carbons (Fsp3) is 0.412. The van der Waals surface area contributed by atoms with Gasteiger partial charge >= 0.3 is 0 Å². The van der Waals surface area contributed by atoms with Crippen molar-refractivity contribution in [1.29, 1.82) is 0 Å². The summed E-state index contributed by atoms with van der Waals surface area (Å²) in [6.45, 7) is 4.54. The maximum absolute atomic E-state index is 3.44. The van der Waals surface area contributed by atoms with E-state index in [0.717, 1.165) is 12.8 Å². The second kappa shape index (κ2) is 6.88. The van der Waals surface area contributed by atoms with E-state index in [9.17, 15) is 0 Å². The maximum atomic E-state index is 3.44. The average Bonchev–Trinajstić information content (AvgIpc) is 2.88. The van der Waals surface area contributed by atoms with Gasteiger partial charge in [-0.2, -0.15) is 11.3 Å². The minimum atomic E-state index is 0.404. The van der Waals surface area contributed by atoms with Crippen LogP contribution in [-0.2, 0) is 12.8 Å². The molecule has 0 amide bonds. The second-order valence-electron chi connectivity index (χ2n) is 5.52. The number of hydrogen-bond donors (Lipinski definition) is 1. The highest BCUT2D eigenvalue weighted by atomic mass is 32.1. The Morgan fingerprint density at radius 3 is 2.58 bits per heavy atom. The quantitative estimate of drug-likeness (QED) is 0.820. The molecule has 1 nitrogen and oxygen atoms in total. The van der Waals surface area contributed by atoms with E-state index in [0.29, 0.717) is 12.0 Å². The van der Waals surface area contributed by atoms with Crippen molar-refractivity contribution in [1.82, 2.24) is 5.32 Å². The SMILES string of the molecule is CNC(Cc1ccsc1)c1cccc(CC(C)C)c1. The van der Waals surface area contributed by atoms with E-state index >= 15 is 0 Å². The first-order valence-electron chi connectivity index (χ1n) is 6.96. The van der Waals surface area contributed by atoms with E-state index < -0.39 is 0 Å². The first kappa shape index (κ1) is 14.3. The van der Waals surface area contributed by atoms with E-state index in [4.69, 9.17) is 0 Å². The van der Waals surface area contributed by atoms with Crippen LogP contribution in [0.3, 0.4) is 0 Å². The van der Waals surface area contributed by atoms with Gasteiger partial charge in [-0.1, -0.05) is 38.1 Å². The molecule has 0 saturated heterocycles. The fourth-order valence-corrected chi connectivity index (χ4v) is 3.12. The lowest BCUT2D eigenvalue weighted by atomic mass is 9.96. The highest BCUT2D eigenvalue weighted by molar-refractivity contribution is 7.07. The van der Waals surface area contributed by atoms with E-state index in [1.807, 2.05) is 7.05 Å². The molecule has 19 heavy (non-hydrogen) atoms. The molecular formula is C17H23NS. The summed E-state index contributed by atoms with van der Waals surface area (Å²) >= 11 is 1.77. The molecule has 0 aliphatic carbocycles. The van der Waals surface area contributed by atoms with Crippen molar-refractivity contribution in [3.63, 3.8) is 0 Å². The molecule has 1 N–H and O–H groups in total. The summed E-state index contributed by atoms with van der Waals surface area (Å²) < 4.78 is 0. The standard InChI is InChI=1S/C17H23NS/c1-13(2)9-14-5-4-6-16(10-14)17(18-3)11-15-7-8-19-12-15/h4-8,10,12-13,17-18H,9,11H2,1-3H3. The number of hydrogen-bond acceptors (Lipinski definition) is 2. The molecule has 1 atom stereocenters. The van der Waals surface area contributed by atoms with Crippen LogP contribution in [0.2, 0.25) is 0 Å². The zero-order chi connectivity index (χ0) is 13.7. The van der Waals surface area contributed by atoms with Gasteiger partial charge < -0.3 is 5.32 Å². The Balaban J connectivity index is 2.13. The van der Waals surface area contributed by atoms with Crippen molar-refractivity contribution in [3.05, 3.63) is 57.8 Å². The predicted molar refractivity (Wildman–Crippen MR) is 84.8 cm³/mol. The van der Waals surface area contributed by atoms with Crippen LogP contribution >= 0.6 is 11.3 Å². The number of likely N-dealkylation sites (N-methyl/N-ethyl adjacent to an activating group) is 1. The Morgan fingerprint density at radius 2 is 1.95 bits per heavy atom. The molecule has 0 bridgehead atoms. The van der Waals surface area contributed by atoms with Gasteiger partial charge in [0.05, 0.1) is 0 Å². The predicted octanol–water partition coefficient (Wildman–Crippen LogP) is 4.45. The van der Waals surface area contributed by atoms with Crippen LogP contribution in [0, 0.1) is 5.92 Å². The van der Waals surface area contributed by atoms with Gasteiger partial charge in [0.2, 0.25) is 0 Å². The van der Waals surface area contributed by atoms with Crippen LogP contribution in [0.4, 0.5) is 0 Å². The first-order valence-corrected chi connectivity index (χ1v) is 7.90. The summed E-state index contributed by atoms with van der Waals surface area (Å²) in [6.07, 6.45) is 2.22. The van der Waals surface area contributed by atoms with Crippen LogP contribution in [0.15, 0.2) is 41.1 Å². The van der Waals surface area contributed by atoms with Crippen LogP contribution in [0.5, 0.6) is 0 Å². The van der Waals surface area contributed by atoms with Crippen molar-refractivity contribution < 1.29 is 0 Å². The molecular weight excluding hydrogens is 250 g/mol. The Morgan fingerprint density at radius 1 is 1.11 bits per heavy atom. The van der Waals surface area contributed by atoms with Gasteiger partial charge in [0.25, 0.3) is 0 Å². The molecule has 0 saturated carbocycles. The molecule has 0 aliphatic rings. The highest BCUT2D eigenvalue weighted by Crippen LogP contribution is 2.21. The van der Waals surface area contributed by atoms with Crippen molar-refractivity contribution in [2.24, 2.45) is 5.92 Å². The minimum absolute atomic E-state index is 0.404. The molecule has 1 aromatic heterocycles. The number of nitrogens with one attached hydrogen (secondary N) is 1. The van der Waals surface area contributed by atoms with E-state index in [-0.39, 0.29) is 0 Å². The maximum Gasteiger partial charge on any atom is 0.0358 e. The van der Waals surface area contributed by atoms with Crippen molar-refractivity contribution in [3.8, 4) is 0 Å². The van der Waals surface area contributed by atoms with Gasteiger partial charge in [-0.05, 0) is 59.3 Å². The van der Waals surface area contributed by atoms with Crippen LogP contribution < -0.4 is 5.32 Å². The van der Waals surface area contributed by atoms with Crippen LogP contribution in [0.25, 0.3) is 0 Å². The third kappa shape index (κ3) is 4.19. The molecule has 0 spiro atoms. The molecule has 0 fully saturated rings. The molecule has 1 unspecified atom stereocenters. The van der Waals surface area contributed by atoms with Gasteiger partial charge in [0.1, 0.15) is 0 Å². The molecule has 0 aliphatic heterocycles. The van der Waals surface area contributed by atoms with Gasteiger partial charge in [-0.25, -0.2) is 0 Å². The Bertz CT molecular complexity index is 488. The largest absolute Gasteiger partial charge is 0.313 e. The monoisotopic (exact) mass is 273 g/mol. The third-order valence-corrected chi connectivity index (χ3v) is 4.10. The van der Waals surface area contributed by atoms with Crippen molar-refractivity contribution in [2.45, 2.75) is 32.7 Å². The zero-order valence-electron chi connectivity index (χ0n) is 12.0. The van der Waals surface area contributed by atoms with Crippen LogP contribution in [-0.4, -0.2) is 7.05 Å². The summed E-state index contributed by atoms with van der Waals surface area (Å²) in [5.41, 5.74) is 4.25. The molecule has 2 rings (SSSR count). The molecule has 102 valence electrons. The molecule has 1 heterocycles. The number of rotatable bonds is 6. The topological polar surface area (TPSA) is 12.0 Å². The normalized spacial score (nSPS) is 12.8. The summed E-state index contributed by atoms with van der Waals surface area (Å²) in [5.74, 6) is 0.708. The lowest BCUT2D eigenvalue weighted by Gasteiger charge is -2.17.